The number of anilines is 2. The number of halogens is 1. The first kappa shape index (κ1) is 17.8. The van der Waals surface area contributed by atoms with Crippen molar-refractivity contribution >= 4 is 38.9 Å². The lowest BCUT2D eigenvalue weighted by molar-refractivity contribution is 0.102. The third kappa shape index (κ3) is 4.16. The SMILES string of the molecule is O=C(Nc1cccnc1)c1ccc(Cl)c(S(=O)(=O)Nc2cccnc2)c1. The summed E-state index contributed by atoms with van der Waals surface area (Å²) in [6.07, 6.45) is 5.95. The van der Waals surface area contributed by atoms with Gasteiger partial charge in [0.1, 0.15) is 4.90 Å². The smallest absolute Gasteiger partial charge is 0.263 e. The van der Waals surface area contributed by atoms with E-state index in [4.69, 9.17) is 11.6 Å². The van der Waals surface area contributed by atoms with E-state index < -0.39 is 15.9 Å². The zero-order valence-corrected chi connectivity index (χ0v) is 14.8. The minimum atomic E-state index is -3.99. The summed E-state index contributed by atoms with van der Waals surface area (Å²) in [6, 6.07) is 10.5. The van der Waals surface area contributed by atoms with E-state index in [9.17, 15) is 13.2 Å². The van der Waals surface area contributed by atoms with Crippen molar-refractivity contribution in [2.75, 3.05) is 10.0 Å². The average Bonchev–Trinajstić information content (AvgIpc) is 2.63. The van der Waals surface area contributed by atoms with E-state index >= 15 is 0 Å². The zero-order chi connectivity index (χ0) is 18.6. The van der Waals surface area contributed by atoms with E-state index in [1.807, 2.05) is 0 Å². The van der Waals surface area contributed by atoms with Gasteiger partial charge in [-0.05, 0) is 42.5 Å². The van der Waals surface area contributed by atoms with Crippen LogP contribution in [0.25, 0.3) is 0 Å². The highest BCUT2D eigenvalue weighted by Crippen LogP contribution is 2.25. The van der Waals surface area contributed by atoms with E-state index in [1.165, 1.54) is 36.8 Å². The summed E-state index contributed by atoms with van der Waals surface area (Å²) >= 11 is 6.04. The maximum atomic E-state index is 12.6. The van der Waals surface area contributed by atoms with Crippen LogP contribution in [0.1, 0.15) is 10.4 Å². The number of nitrogens with zero attached hydrogens (tertiary/aromatic N) is 2. The molecule has 26 heavy (non-hydrogen) atoms. The Labute approximate surface area is 155 Å². The van der Waals surface area contributed by atoms with Crippen LogP contribution in [0.15, 0.2) is 72.1 Å². The van der Waals surface area contributed by atoms with Gasteiger partial charge in [-0.2, -0.15) is 0 Å². The molecule has 132 valence electrons. The first-order valence-electron chi connectivity index (χ1n) is 7.39. The molecule has 2 N–H and O–H groups in total. The molecule has 7 nitrogen and oxygen atoms in total. The Balaban J connectivity index is 1.88. The molecule has 0 bridgehead atoms. The molecule has 2 aromatic heterocycles. The topological polar surface area (TPSA) is 101 Å². The summed E-state index contributed by atoms with van der Waals surface area (Å²) in [5.41, 5.74) is 0.920. The van der Waals surface area contributed by atoms with E-state index in [0.717, 1.165) is 0 Å². The van der Waals surface area contributed by atoms with Crippen LogP contribution >= 0.6 is 11.6 Å². The lowest BCUT2D eigenvalue weighted by atomic mass is 10.2. The number of benzene rings is 1. The van der Waals surface area contributed by atoms with Crippen LogP contribution in [0, 0.1) is 0 Å². The molecule has 0 radical (unpaired) electrons. The van der Waals surface area contributed by atoms with E-state index in [0.29, 0.717) is 5.69 Å². The molecular formula is C17H13ClN4O3S. The molecule has 0 atom stereocenters. The van der Waals surface area contributed by atoms with E-state index in [1.54, 1.807) is 30.5 Å². The van der Waals surface area contributed by atoms with Gasteiger partial charge in [0.05, 0.1) is 28.8 Å². The Hall–Kier alpha value is -2.97. The fourth-order valence-corrected chi connectivity index (χ4v) is 3.69. The number of hydrogen-bond acceptors (Lipinski definition) is 5. The van der Waals surface area contributed by atoms with Crippen molar-refractivity contribution in [3.63, 3.8) is 0 Å². The summed E-state index contributed by atoms with van der Waals surface area (Å²) in [4.78, 5) is 19.9. The summed E-state index contributed by atoms with van der Waals surface area (Å²) < 4.78 is 27.6. The van der Waals surface area contributed by atoms with Crippen LogP contribution in [-0.4, -0.2) is 24.3 Å². The van der Waals surface area contributed by atoms with Crippen LogP contribution in [-0.2, 0) is 10.0 Å². The molecule has 1 amide bonds. The largest absolute Gasteiger partial charge is 0.321 e. The van der Waals surface area contributed by atoms with Gasteiger partial charge in [0.2, 0.25) is 0 Å². The van der Waals surface area contributed by atoms with Crippen molar-refractivity contribution in [3.05, 3.63) is 77.8 Å². The highest BCUT2D eigenvalue weighted by Gasteiger charge is 2.20. The van der Waals surface area contributed by atoms with Crippen LogP contribution in [0.3, 0.4) is 0 Å². The van der Waals surface area contributed by atoms with Crippen molar-refractivity contribution in [1.82, 2.24) is 9.97 Å². The number of aromatic nitrogens is 2. The molecule has 0 aliphatic rings. The van der Waals surface area contributed by atoms with Crippen molar-refractivity contribution in [2.24, 2.45) is 0 Å². The minimum Gasteiger partial charge on any atom is -0.321 e. The van der Waals surface area contributed by atoms with Crippen LogP contribution in [0.4, 0.5) is 11.4 Å². The lowest BCUT2D eigenvalue weighted by Gasteiger charge is -2.11. The van der Waals surface area contributed by atoms with Gasteiger partial charge in [-0.25, -0.2) is 8.42 Å². The molecule has 0 fully saturated rings. The standard InChI is InChI=1S/C17H13ClN4O3S/c18-15-6-5-12(17(23)21-13-3-1-7-19-10-13)9-16(15)26(24,25)22-14-4-2-8-20-11-14/h1-11,22H,(H,21,23). The van der Waals surface area contributed by atoms with Gasteiger partial charge < -0.3 is 5.32 Å². The zero-order valence-electron chi connectivity index (χ0n) is 13.3. The summed E-state index contributed by atoms with van der Waals surface area (Å²) in [5.74, 6) is -0.479. The summed E-state index contributed by atoms with van der Waals surface area (Å²) in [6.45, 7) is 0. The number of carbonyl (C=O) groups excluding carboxylic acids is 1. The molecule has 0 aliphatic heterocycles. The van der Waals surface area contributed by atoms with Crippen LogP contribution in [0.2, 0.25) is 5.02 Å². The molecule has 9 heteroatoms. The van der Waals surface area contributed by atoms with Crippen molar-refractivity contribution in [3.8, 4) is 0 Å². The number of carbonyl (C=O) groups is 1. The maximum absolute atomic E-state index is 12.6. The molecule has 3 aromatic rings. The number of sulfonamides is 1. The molecule has 0 saturated carbocycles. The third-order valence-corrected chi connectivity index (χ3v) is 5.18. The van der Waals surface area contributed by atoms with Gasteiger partial charge >= 0.3 is 0 Å². The summed E-state index contributed by atoms with van der Waals surface area (Å²) in [7, 11) is -3.99. The van der Waals surface area contributed by atoms with E-state index in [-0.39, 0.29) is 21.2 Å². The number of pyridine rings is 2. The first-order chi connectivity index (χ1) is 12.5. The highest BCUT2D eigenvalue weighted by atomic mass is 35.5. The Morgan fingerprint density at radius 3 is 2.23 bits per heavy atom. The molecule has 0 unspecified atom stereocenters. The first-order valence-corrected chi connectivity index (χ1v) is 9.25. The van der Waals surface area contributed by atoms with Gasteiger partial charge in [0.25, 0.3) is 15.9 Å². The highest BCUT2D eigenvalue weighted by molar-refractivity contribution is 7.92. The normalized spacial score (nSPS) is 11.0. The van der Waals surface area contributed by atoms with Gasteiger partial charge in [0, 0.05) is 18.0 Å². The average molecular weight is 389 g/mol. The van der Waals surface area contributed by atoms with Gasteiger partial charge in [0.15, 0.2) is 0 Å². The minimum absolute atomic E-state index is 0.000631. The number of nitrogens with one attached hydrogen (secondary N) is 2. The maximum Gasteiger partial charge on any atom is 0.263 e. The molecular weight excluding hydrogens is 376 g/mol. The quantitative estimate of drug-likeness (QED) is 0.699. The Morgan fingerprint density at radius 1 is 0.962 bits per heavy atom. The van der Waals surface area contributed by atoms with Gasteiger partial charge in [-0.1, -0.05) is 11.6 Å². The lowest BCUT2D eigenvalue weighted by Crippen LogP contribution is -2.16. The van der Waals surface area contributed by atoms with E-state index in [2.05, 4.69) is 20.0 Å². The molecule has 2 heterocycles. The van der Waals surface area contributed by atoms with Crippen molar-refractivity contribution in [2.45, 2.75) is 4.90 Å². The molecule has 1 aromatic carbocycles. The fourth-order valence-electron chi connectivity index (χ4n) is 2.12. The predicted molar refractivity (Wildman–Crippen MR) is 98.7 cm³/mol. The number of amides is 1. The molecule has 0 saturated heterocycles. The Bertz CT molecular complexity index is 1030. The van der Waals surface area contributed by atoms with Gasteiger partial charge in [-0.3, -0.25) is 19.5 Å². The van der Waals surface area contributed by atoms with Gasteiger partial charge in [-0.15, -0.1) is 0 Å². The monoisotopic (exact) mass is 388 g/mol. The Morgan fingerprint density at radius 2 is 1.62 bits per heavy atom. The summed E-state index contributed by atoms with van der Waals surface area (Å²) in [5, 5.41) is 2.64. The number of hydrogen-bond donors (Lipinski definition) is 2. The molecule has 0 spiro atoms. The molecule has 0 aliphatic carbocycles. The number of rotatable bonds is 5. The third-order valence-electron chi connectivity index (χ3n) is 3.32. The van der Waals surface area contributed by atoms with Crippen molar-refractivity contribution < 1.29 is 13.2 Å². The van der Waals surface area contributed by atoms with Crippen LogP contribution < -0.4 is 10.0 Å². The molecule has 3 rings (SSSR count). The second kappa shape index (κ2) is 7.51. The second-order valence-corrected chi connectivity index (χ2v) is 7.25. The second-order valence-electron chi connectivity index (χ2n) is 5.19. The fraction of sp³-hybridized carbons (Fsp3) is 0. The van der Waals surface area contributed by atoms with Crippen LogP contribution in [0.5, 0.6) is 0 Å². The van der Waals surface area contributed by atoms with Crippen molar-refractivity contribution in [1.29, 1.82) is 0 Å². The predicted octanol–water partition coefficient (Wildman–Crippen LogP) is 3.18. The Kier molecular flexibility index (Phi) is 5.15.